The molecule has 0 radical (unpaired) electrons. The van der Waals surface area contributed by atoms with Crippen molar-refractivity contribution in [3.63, 3.8) is 0 Å². The summed E-state index contributed by atoms with van der Waals surface area (Å²) in [6, 6.07) is 7.40. The van der Waals surface area contributed by atoms with Crippen LogP contribution in [0.1, 0.15) is 12.6 Å². The number of carboxylic acids is 1. The molecule has 0 aliphatic heterocycles. The van der Waals surface area contributed by atoms with E-state index in [4.69, 9.17) is 9.84 Å². The summed E-state index contributed by atoms with van der Waals surface area (Å²) in [5, 5.41) is 8.88. The van der Waals surface area contributed by atoms with E-state index in [1.54, 1.807) is 0 Å². The van der Waals surface area contributed by atoms with Gasteiger partial charge in [-0.25, -0.2) is 4.98 Å². The largest absolute Gasteiger partial charge is 0.494 e. The summed E-state index contributed by atoms with van der Waals surface area (Å²) in [5.41, 5.74) is 2.06. The number of halogens is 1. The van der Waals surface area contributed by atoms with Gasteiger partial charge in [-0.3, -0.25) is 4.79 Å². The number of hydrogen-bond acceptors (Lipinski definition) is 3. The van der Waals surface area contributed by atoms with Crippen LogP contribution in [0.25, 0.3) is 11.3 Å². The summed E-state index contributed by atoms with van der Waals surface area (Å²) >= 11 is 3.23. The molecule has 1 heterocycles. The second kappa shape index (κ2) is 5.88. The molecule has 0 unspecified atom stereocenters. The number of imidazole rings is 1. The molecule has 0 aliphatic rings. The second-order valence-corrected chi connectivity index (χ2v) is 4.63. The number of benzene rings is 1. The smallest absolute Gasteiger partial charge is 0.309 e. The summed E-state index contributed by atoms with van der Waals surface area (Å²) in [7, 11) is 0. The highest BCUT2D eigenvalue weighted by Crippen LogP contribution is 2.26. The first-order valence-corrected chi connectivity index (χ1v) is 6.59. The van der Waals surface area contributed by atoms with Crippen LogP contribution in [-0.4, -0.2) is 27.7 Å². The quantitative estimate of drug-likeness (QED) is 0.886. The molecule has 1 aromatic heterocycles. The average molecular weight is 325 g/mol. The lowest BCUT2D eigenvalue weighted by molar-refractivity contribution is -0.136. The topological polar surface area (TPSA) is 75.2 Å². The Hall–Kier alpha value is -1.82. The maximum atomic E-state index is 10.8. The van der Waals surface area contributed by atoms with Gasteiger partial charge in [-0.2, -0.15) is 0 Å². The highest BCUT2D eigenvalue weighted by Gasteiger charge is 2.14. The maximum absolute atomic E-state index is 10.8. The standard InChI is InChI=1S/C13H13BrN2O3/c1-2-19-9-5-3-8(4-6-9)12-10(7-11(17)18)15-13(14)16-12/h3-6H,2,7H2,1H3,(H,15,16)(H,17,18). The number of carboxylic acid groups (broad SMARTS) is 1. The predicted molar refractivity (Wildman–Crippen MR) is 74.2 cm³/mol. The molecule has 0 atom stereocenters. The molecule has 19 heavy (non-hydrogen) atoms. The molecule has 2 aromatic rings. The van der Waals surface area contributed by atoms with Crippen LogP contribution < -0.4 is 4.74 Å². The molecule has 0 spiro atoms. The fourth-order valence-electron chi connectivity index (χ4n) is 1.77. The number of nitrogens with zero attached hydrogens (tertiary/aromatic N) is 1. The predicted octanol–water partition coefficient (Wildman–Crippen LogP) is 2.87. The Kier molecular flexibility index (Phi) is 4.21. The lowest BCUT2D eigenvalue weighted by atomic mass is 10.1. The Balaban J connectivity index is 2.32. The molecule has 0 amide bonds. The van der Waals surface area contributed by atoms with Crippen molar-refractivity contribution in [1.82, 2.24) is 9.97 Å². The van der Waals surface area contributed by atoms with Crippen molar-refractivity contribution in [2.45, 2.75) is 13.3 Å². The molecular weight excluding hydrogens is 312 g/mol. The van der Waals surface area contributed by atoms with Gasteiger partial charge in [0.1, 0.15) is 5.75 Å². The van der Waals surface area contributed by atoms with E-state index in [1.165, 1.54) is 0 Å². The van der Waals surface area contributed by atoms with Crippen molar-refractivity contribution in [3.8, 4) is 17.0 Å². The summed E-state index contributed by atoms with van der Waals surface area (Å²) in [6.45, 7) is 2.53. The number of rotatable bonds is 5. The minimum Gasteiger partial charge on any atom is -0.494 e. The van der Waals surface area contributed by atoms with Gasteiger partial charge in [0.25, 0.3) is 0 Å². The second-order valence-electron chi connectivity index (χ2n) is 3.88. The third kappa shape index (κ3) is 3.35. The number of ether oxygens (including phenoxy) is 1. The van der Waals surface area contributed by atoms with Gasteiger partial charge < -0.3 is 14.8 Å². The maximum Gasteiger partial charge on any atom is 0.309 e. The number of aromatic nitrogens is 2. The summed E-state index contributed by atoms with van der Waals surface area (Å²) in [5.74, 6) is -0.121. The van der Waals surface area contributed by atoms with Crippen LogP contribution in [0, 0.1) is 0 Å². The minimum absolute atomic E-state index is 0.0961. The van der Waals surface area contributed by atoms with E-state index in [2.05, 4.69) is 25.9 Å². The zero-order valence-corrected chi connectivity index (χ0v) is 11.9. The average Bonchev–Trinajstić information content (AvgIpc) is 2.71. The third-order valence-electron chi connectivity index (χ3n) is 2.52. The molecule has 2 rings (SSSR count). The van der Waals surface area contributed by atoms with Gasteiger partial charge in [0.05, 0.1) is 24.4 Å². The molecule has 0 fully saturated rings. The number of aliphatic carboxylic acids is 1. The van der Waals surface area contributed by atoms with E-state index in [9.17, 15) is 4.79 Å². The highest BCUT2D eigenvalue weighted by molar-refractivity contribution is 9.10. The Morgan fingerprint density at radius 3 is 2.68 bits per heavy atom. The Morgan fingerprint density at radius 2 is 2.11 bits per heavy atom. The lowest BCUT2D eigenvalue weighted by Gasteiger charge is -2.04. The first kappa shape index (κ1) is 13.6. The van der Waals surface area contributed by atoms with Crippen LogP contribution in [0.15, 0.2) is 29.0 Å². The van der Waals surface area contributed by atoms with Crippen molar-refractivity contribution in [1.29, 1.82) is 0 Å². The van der Waals surface area contributed by atoms with Crippen molar-refractivity contribution >= 4 is 21.9 Å². The summed E-state index contributed by atoms with van der Waals surface area (Å²) in [4.78, 5) is 18.0. The fraction of sp³-hybridized carbons (Fsp3) is 0.231. The molecule has 0 aliphatic carbocycles. The Labute approximate surface area is 118 Å². The van der Waals surface area contributed by atoms with Crippen molar-refractivity contribution in [2.24, 2.45) is 0 Å². The molecule has 6 heteroatoms. The fourth-order valence-corrected chi connectivity index (χ4v) is 2.19. The lowest BCUT2D eigenvalue weighted by Crippen LogP contribution is -2.01. The molecule has 0 saturated carbocycles. The zero-order chi connectivity index (χ0) is 13.8. The first-order chi connectivity index (χ1) is 9.10. The van der Waals surface area contributed by atoms with Crippen LogP contribution in [0.4, 0.5) is 0 Å². The Morgan fingerprint density at radius 1 is 1.42 bits per heavy atom. The van der Waals surface area contributed by atoms with Gasteiger partial charge >= 0.3 is 5.97 Å². The van der Waals surface area contributed by atoms with E-state index in [1.807, 2.05) is 31.2 Å². The van der Waals surface area contributed by atoms with Crippen LogP contribution in [0.2, 0.25) is 0 Å². The number of carbonyl (C=O) groups is 1. The van der Waals surface area contributed by atoms with E-state index in [0.29, 0.717) is 22.7 Å². The van der Waals surface area contributed by atoms with Crippen molar-refractivity contribution in [3.05, 3.63) is 34.7 Å². The van der Waals surface area contributed by atoms with Gasteiger partial charge in [0, 0.05) is 5.56 Å². The van der Waals surface area contributed by atoms with E-state index in [0.717, 1.165) is 11.3 Å². The van der Waals surface area contributed by atoms with Gasteiger partial charge in [-0.15, -0.1) is 0 Å². The Bertz CT molecular complexity index is 578. The molecular formula is C13H13BrN2O3. The number of aromatic amines is 1. The molecule has 5 nitrogen and oxygen atoms in total. The zero-order valence-electron chi connectivity index (χ0n) is 10.3. The molecule has 0 saturated heterocycles. The van der Waals surface area contributed by atoms with Crippen LogP contribution >= 0.6 is 15.9 Å². The van der Waals surface area contributed by atoms with Crippen LogP contribution in [-0.2, 0) is 11.2 Å². The SMILES string of the molecule is CCOc1ccc(-c2nc(Br)[nH]c2CC(=O)O)cc1. The number of H-pyrrole nitrogens is 1. The normalized spacial score (nSPS) is 10.4. The van der Waals surface area contributed by atoms with E-state index < -0.39 is 5.97 Å². The van der Waals surface area contributed by atoms with Crippen LogP contribution in [0.5, 0.6) is 5.75 Å². The van der Waals surface area contributed by atoms with Gasteiger partial charge in [-0.05, 0) is 47.1 Å². The van der Waals surface area contributed by atoms with E-state index in [-0.39, 0.29) is 6.42 Å². The van der Waals surface area contributed by atoms with E-state index >= 15 is 0 Å². The molecule has 100 valence electrons. The summed E-state index contributed by atoms with van der Waals surface area (Å²) < 4.78 is 5.89. The monoisotopic (exact) mass is 324 g/mol. The number of nitrogens with one attached hydrogen (secondary N) is 1. The van der Waals surface area contributed by atoms with Crippen LogP contribution in [0.3, 0.4) is 0 Å². The summed E-state index contributed by atoms with van der Waals surface area (Å²) in [6.07, 6.45) is -0.0961. The minimum atomic E-state index is -0.900. The molecule has 1 aromatic carbocycles. The van der Waals surface area contributed by atoms with Gasteiger partial charge in [0.2, 0.25) is 0 Å². The first-order valence-electron chi connectivity index (χ1n) is 5.79. The third-order valence-corrected chi connectivity index (χ3v) is 2.89. The van der Waals surface area contributed by atoms with Crippen molar-refractivity contribution in [2.75, 3.05) is 6.61 Å². The van der Waals surface area contributed by atoms with Crippen molar-refractivity contribution < 1.29 is 14.6 Å². The highest BCUT2D eigenvalue weighted by atomic mass is 79.9. The number of hydrogen-bond donors (Lipinski definition) is 2. The molecule has 0 bridgehead atoms. The van der Waals surface area contributed by atoms with Gasteiger partial charge in [-0.1, -0.05) is 0 Å². The van der Waals surface area contributed by atoms with Gasteiger partial charge in [0.15, 0.2) is 4.73 Å². The molecule has 2 N–H and O–H groups in total.